The third kappa shape index (κ3) is 5.63. The average Bonchev–Trinajstić information content (AvgIpc) is 2.79. The number of carbonyl (C=O) groups is 1. The van der Waals surface area contributed by atoms with Crippen molar-refractivity contribution in [3.8, 4) is 6.07 Å². The second-order valence-corrected chi connectivity index (χ2v) is 10.1. The molecule has 1 heterocycles. The predicted octanol–water partition coefficient (Wildman–Crippen LogP) is 3.01. The molecule has 0 bridgehead atoms. The molecule has 3 rings (SSSR count). The van der Waals surface area contributed by atoms with Crippen molar-refractivity contribution in [2.24, 2.45) is 5.92 Å². The standard InChI is InChI=1S/C22H25N3O3S2/c23-16-20-8-4-5-9-21(20)30(27,28)25-13-10-19(11-14-25)22(26)24-12-15-29-17-18-6-2-1-3-7-18/h1-9,19H,10-15,17H2,(H,24,26). The van der Waals surface area contributed by atoms with Gasteiger partial charge in [0, 0.05) is 37.1 Å². The summed E-state index contributed by atoms with van der Waals surface area (Å²) in [4.78, 5) is 12.5. The van der Waals surface area contributed by atoms with E-state index in [0.717, 1.165) is 11.5 Å². The van der Waals surface area contributed by atoms with Crippen LogP contribution in [-0.2, 0) is 20.6 Å². The van der Waals surface area contributed by atoms with Crippen molar-refractivity contribution < 1.29 is 13.2 Å². The summed E-state index contributed by atoms with van der Waals surface area (Å²) in [5.41, 5.74) is 1.41. The van der Waals surface area contributed by atoms with Gasteiger partial charge in [0.05, 0.1) is 10.5 Å². The molecule has 1 N–H and O–H groups in total. The van der Waals surface area contributed by atoms with Crippen LogP contribution in [0.5, 0.6) is 0 Å². The molecule has 0 unspecified atom stereocenters. The molecule has 1 fully saturated rings. The lowest BCUT2D eigenvalue weighted by atomic mass is 9.97. The van der Waals surface area contributed by atoms with Crippen LogP contribution in [0.25, 0.3) is 0 Å². The van der Waals surface area contributed by atoms with Crippen LogP contribution in [0.1, 0.15) is 24.0 Å². The molecular formula is C22H25N3O3S2. The Bertz CT molecular complexity index is 996. The Balaban J connectivity index is 1.43. The van der Waals surface area contributed by atoms with E-state index in [9.17, 15) is 18.5 Å². The molecular weight excluding hydrogens is 418 g/mol. The number of nitrogens with one attached hydrogen (secondary N) is 1. The molecule has 2 aromatic rings. The van der Waals surface area contributed by atoms with E-state index in [1.807, 2.05) is 24.3 Å². The summed E-state index contributed by atoms with van der Waals surface area (Å²) in [5.74, 6) is 1.56. The zero-order valence-corrected chi connectivity index (χ0v) is 18.3. The minimum absolute atomic E-state index is 0.00946. The first-order valence-electron chi connectivity index (χ1n) is 9.91. The molecule has 8 heteroatoms. The highest BCUT2D eigenvalue weighted by molar-refractivity contribution is 7.98. The summed E-state index contributed by atoms with van der Waals surface area (Å²) in [6, 6.07) is 18.4. The molecule has 1 aliphatic heterocycles. The van der Waals surface area contributed by atoms with Crippen molar-refractivity contribution in [1.82, 2.24) is 9.62 Å². The van der Waals surface area contributed by atoms with E-state index >= 15 is 0 Å². The smallest absolute Gasteiger partial charge is 0.244 e. The number of sulfonamides is 1. The second-order valence-electron chi connectivity index (χ2n) is 7.12. The maximum atomic E-state index is 12.9. The van der Waals surface area contributed by atoms with Crippen LogP contribution in [0.3, 0.4) is 0 Å². The number of benzene rings is 2. The number of piperidine rings is 1. The number of nitrogens with zero attached hydrogens (tertiary/aromatic N) is 2. The van der Waals surface area contributed by atoms with Crippen LogP contribution in [0.15, 0.2) is 59.5 Å². The van der Waals surface area contributed by atoms with E-state index in [1.54, 1.807) is 23.9 Å². The van der Waals surface area contributed by atoms with Gasteiger partial charge in [-0.25, -0.2) is 8.42 Å². The summed E-state index contributed by atoms with van der Waals surface area (Å²) in [7, 11) is -3.73. The van der Waals surface area contributed by atoms with Gasteiger partial charge in [0.15, 0.2) is 0 Å². The lowest BCUT2D eigenvalue weighted by Crippen LogP contribution is -2.43. The zero-order chi connectivity index (χ0) is 21.4. The number of nitriles is 1. The van der Waals surface area contributed by atoms with Crippen molar-refractivity contribution >= 4 is 27.7 Å². The molecule has 1 saturated heterocycles. The van der Waals surface area contributed by atoms with Crippen molar-refractivity contribution in [3.05, 3.63) is 65.7 Å². The van der Waals surface area contributed by atoms with Crippen LogP contribution in [-0.4, -0.2) is 44.0 Å². The topological polar surface area (TPSA) is 90.3 Å². The minimum Gasteiger partial charge on any atom is -0.355 e. The Hall–Kier alpha value is -2.34. The van der Waals surface area contributed by atoms with E-state index in [1.165, 1.54) is 22.0 Å². The van der Waals surface area contributed by atoms with Gasteiger partial charge in [-0.3, -0.25) is 4.79 Å². The zero-order valence-electron chi connectivity index (χ0n) is 16.7. The summed E-state index contributed by atoms with van der Waals surface area (Å²) in [6.45, 7) is 1.16. The van der Waals surface area contributed by atoms with Crippen molar-refractivity contribution in [2.45, 2.75) is 23.5 Å². The Kier molecular flexibility index (Phi) is 7.91. The Morgan fingerprint density at radius 1 is 1.10 bits per heavy atom. The third-order valence-electron chi connectivity index (χ3n) is 5.11. The summed E-state index contributed by atoms with van der Waals surface area (Å²) >= 11 is 1.77. The lowest BCUT2D eigenvalue weighted by molar-refractivity contribution is -0.125. The van der Waals surface area contributed by atoms with Crippen LogP contribution in [0.2, 0.25) is 0 Å². The second kappa shape index (κ2) is 10.6. The molecule has 30 heavy (non-hydrogen) atoms. The summed E-state index contributed by atoms with van der Waals surface area (Å²) in [6.07, 6.45) is 0.966. The molecule has 6 nitrogen and oxygen atoms in total. The third-order valence-corrected chi connectivity index (χ3v) is 8.09. The summed E-state index contributed by atoms with van der Waals surface area (Å²) < 4.78 is 27.1. The highest BCUT2D eigenvalue weighted by atomic mass is 32.2. The van der Waals surface area contributed by atoms with E-state index < -0.39 is 10.0 Å². The van der Waals surface area contributed by atoms with Crippen molar-refractivity contribution in [2.75, 3.05) is 25.4 Å². The van der Waals surface area contributed by atoms with E-state index in [4.69, 9.17) is 0 Å². The van der Waals surface area contributed by atoms with Gasteiger partial charge in [-0.2, -0.15) is 21.3 Å². The normalized spacial score (nSPS) is 15.4. The number of hydrogen-bond donors (Lipinski definition) is 1. The van der Waals surface area contributed by atoms with E-state index in [0.29, 0.717) is 19.4 Å². The molecule has 0 atom stereocenters. The highest BCUT2D eigenvalue weighted by Gasteiger charge is 2.33. The molecule has 0 radical (unpaired) electrons. The molecule has 1 aliphatic rings. The van der Waals surface area contributed by atoms with Crippen molar-refractivity contribution in [1.29, 1.82) is 5.26 Å². The number of hydrogen-bond acceptors (Lipinski definition) is 5. The maximum absolute atomic E-state index is 12.9. The van der Waals surface area contributed by atoms with Crippen LogP contribution in [0.4, 0.5) is 0 Å². The monoisotopic (exact) mass is 443 g/mol. The van der Waals surface area contributed by atoms with Crippen LogP contribution >= 0.6 is 11.8 Å². The molecule has 0 saturated carbocycles. The Morgan fingerprint density at radius 2 is 1.77 bits per heavy atom. The SMILES string of the molecule is N#Cc1ccccc1S(=O)(=O)N1CCC(C(=O)NCCSCc2ccccc2)CC1. The van der Waals surface area contributed by atoms with Crippen LogP contribution < -0.4 is 5.32 Å². The molecule has 0 spiro atoms. The predicted molar refractivity (Wildman–Crippen MR) is 118 cm³/mol. The van der Waals surface area contributed by atoms with Gasteiger partial charge < -0.3 is 5.32 Å². The highest BCUT2D eigenvalue weighted by Crippen LogP contribution is 2.25. The number of rotatable bonds is 8. The van der Waals surface area contributed by atoms with Crippen molar-refractivity contribution in [3.63, 3.8) is 0 Å². The largest absolute Gasteiger partial charge is 0.355 e. The van der Waals surface area contributed by atoms with Gasteiger partial charge in [0.25, 0.3) is 0 Å². The fourth-order valence-corrected chi connectivity index (χ4v) is 5.87. The molecule has 2 aromatic carbocycles. The first-order chi connectivity index (χ1) is 14.5. The van der Waals surface area contributed by atoms with Gasteiger partial charge in [0.2, 0.25) is 15.9 Å². The Morgan fingerprint density at radius 3 is 2.47 bits per heavy atom. The quantitative estimate of drug-likeness (QED) is 0.634. The number of carbonyl (C=O) groups excluding carboxylic acids is 1. The number of thioether (sulfide) groups is 1. The van der Waals surface area contributed by atoms with Gasteiger partial charge in [-0.05, 0) is 30.5 Å². The first-order valence-corrected chi connectivity index (χ1v) is 12.5. The molecule has 1 amide bonds. The average molecular weight is 444 g/mol. The van der Waals surface area contributed by atoms with Gasteiger partial charge in [-0.15, -0.1) is 0 Å². The Labute approximate surface area is 182 Å². The lowest BCUT2D eigenvalue weighted by Gasteiger charge is -2.30. The van der Waals surface area contributed by atoms with Gasteiger partial charge in [0.1, 0.15) is 6.07 Å². The number of amides is 1. The van der Waals surface area contributed by atoms with Crippen LogP contribution in [0, 0.1) is 17.2 Å². The maximum Gasteiger partial charge on any atom is 0.244 e. The fraction of sp³-hybridized carbons (Fsp3) is 0.364. The van der Waals surface area contributed by atoms with E-state index in [-0.39, 0.29) is 35.4 Å². The molecule has 158 valence electrons. The minimum atomic E-state index is -3.73. The fourth-order valence-electron chi connectivity index (χ4n) is 3.44. The van der Waals surface area contributed by atoms with Gasteiger partial charge in [-0.1, -0.05) is 42.5 Å². The van der Waals surface area contributed by atoms with E-state index in [2.05, 4.69) is 17.4 Å². The first kappa shape index (κ1) is 22.3. The molecule has 0 aromatic heterocycles. The summed E-state index contributed by atoms with van der Waals surface area (Å²) in [5, 5.41) is 12.2. The van der Waals surface area contributed by atoms with Gasteiger partial charge >= 0.3 is 0 Å². The molecule has 0 aliphatic carbocycles.